The Labute approximate surface area is 179 Å². The molecule has 1 N–H and O–H groups in total. The van der Waals surface area contributed by atoms with E-state index in [0.717, 1.165) is 0 Å². The fourth-order valence-electron chi connectivity index (χ4n) is 2.86. The highest BCUT2D eigenvalue weighted by Gasteiger charge is 2.31. The molecular formula is C21H20Cl2N2O4. The number of hydrogen-bond acceptors (Lipinski definition) is 4. The van der Waals surface area contributed by atoms with Crippen molar-refractivity contribution in [2.75, 3.05) is 16.8 Å². The summed E-state index contributed by atoms with van der Waals surface area (Å²) < 4.78 is 11.3. The molecule has 1 heterocycles. The van der Waals surface area contributed by atoms with E-state index < -0.39 is 12.2 Å². The van der Waals surface area contributed by atoms with E-state index in [2.05, 4.69) is 11.9 Å². The molecule has 0 spiro atoms. The number of benzene rings is 2. The van der Waals surface area contributed by atoms with Gasteiger partial charge in [-0.25, -0.2) is 0 Å². The largest absolute Gasteiger partial charge is 0.479 e. The summed E-state index contributed by atoms with van der Waals surface area (Å²) in [6, 6.07) is 9.87. The summed E-state index contributed by atoms with van der Waals surface area (Å²) in [5.74, 6) is 0.376. The molecule has 152 valence electrons. The summed E-state index contributed by atoms with van der Waals surface area (Å²) in [6.45, 7) is 7.33. The molecule has 0 aromatic heterocycles. The van der Waals surface area contributed by atoms with E-state index in [9.17, 15) is 9.59 Å². The maximum Gasteiger partial charge on any atom is 0.268 e. The van der Waals surface area contributed by atoms with Crippen molar-refractivity contribution in [1.29, 1.82) is 0 Å². The number of nitrogens with zero attached hydrogens (tertiary/aromatic N) is 1. The first-order valence-corrected chi connectivity index (χ1v) is 9.71. The Morgan fingerprint density at radius 2 is 2.10 bits per heavy atom. The van der Waals surface area contributed by atoms with Crippen LogP contribution >= 0.6 is 23.2 Å². The summed E-state index contributed by atoms with van der Waals surface area (Å²) in [5, 5.41) is 3.57. The minimum Gasteiger partial charge on any atom is -0.479 e. The van der Waals surface area contributed by atoms with E-state index in [1.54, 1.807) is 61.2 Å². The van der Waals surface area contributed by atoms with Crippen LogP contribution in [-0.4, -0.2) is 30.6 Å². The zero-order valence-electron chi connectivity index (χ0n) is 15.9. The molecule has 1 aliphatic rings. The zero-order chi connectivity index (χ0) is 21.1. The van der Waals surface area contributed by atoms with Gasteiger partial charge in [0.05, 0.1) is 10.7 Å². The Kier molecular flexibility index (Phi) is 6.35. The van der Waals surface area contributed by atoms with Crippen LogP contribution < -0.4 is 19.7 Å². The highest BCUT2D eigenvalue weighted by Crippen LogP contribution is 2.36. The van der Waals surface area contributed by atoms with Gasteiger partial charge < -0.3 is 19.7 Å². The first-order chi connectivity index (χ1) is 13.8. The molecule has 2 aromatic rings. The molecule has 0 saturated heterocycles. The lowest BCUT2D eigenvalue weighted by Crippen LogP contribution is -2.44. The summed E-state index contributed by atoms with van der Waals surface area (Å²) in [6.07, 6.45) is 0.240. The number of halogens is 2. The van der Waals surface area contributed by atoms with Crippen molar-refractivity contribution in [2.45, 2.75) is 26.1 Å². The van der Waals surface area contributed by atoms with E-state index in [1.165, 1.54) is 0 Å². The number of hydrogen-bond donors (Lipinski definition) is 1. The summed E-state index contributed by atoms with van der Waals surface area (Å²) in [5.41, 5.74) is 1.08. The smallest absolute Gasteiger partial charge is 0.268 e. The van der Waals surface area contributed by atoms with E-state index in [4.69, 9.17) is 32.7 Å². The fourth-order valence-corrected chi connectivity index (χ4v) is 3.31. The monoisotopic (exact) mass is 434 g/mol. The van der Waals surface area contributed by atoms with E-state index in [0.29, 0.717) is 39.5 Å². The van der Waals surface area contributed by atoms with E-state index in [-0.39, 0.29) is 11.8 Å². The van der Waals surface area contributed by atoms with Crippen LogP contribution in [0.25, 0.3) is 0 Å². The Balaban J connectivity index is 1.75. The third kappa shape index (κ3) is 4.66. The summed E-state index contributed by atoms with van der Waals surface area (Å²) in [7, 11) is 0. The highest BCUT2D eigenvalue weighted by atomic mass is 35.5. The standard InChI is InChI=1S/C21H20Cl2N2O4/c1-4-9-25-17-11-15(6-8-19(17)29-13(3)21(25)27)24-20(26)12(2)28-18-7-5-14(22)10-16(18)23/h4-8,10-13H,1,9H2,2-3H3,(H,24,26). The van der Waals surface area contributed by atoms with Gasteiger partial charge in [0, 0.05) is 17.3 Å². The second-order valence-electron chi connectivity index (χ2n) is 6.50. The first kappa shape index (κ1) is 21.0. The third-order valence-corrected chi connectivity index (χ3v) is 4.84. The van der Waals surface area contributed by atoms with Crippen LogP contribution in [-0.2, 0) is 9.59 Å². The van der Waals surface area contributed by atoms with Gasteiger partial charge in [0.2, 0.25) is 0 Å². The number of anilines is 2. The number of nitrogens with one attached hydrogen (secondary N) is 1. The minimum absolute atomic E-state index is 0.171. The summed E-state index contributed by atoms with van der Waals surface area (Å²) in [4.78, 5) is 26.5. The van der Waals surface area contributed by atoms with Crippen molar-refractivity contribution in [1.82, 2.24) is 0 Å². The lowest BCUT2D eigenvalue weighted by Gasteiger charge is -2.32. The molecule has 8 heteroatoms. The van der Waals surface area contributed by atoms with Gasteiger partial charge in [-0.15, -0.1) is 6.58 Å². The molecule has 2 atom stereocenters. The van der Waals surface area contributed by atoms with Crippen LogP contribution in [0.1, 0.15) is 13.8 Å². The van der Waals surface area contributed by atoms with E-state index in [1.807, 2.05) is 0 Å². The molecule has 0 aliphatic carbocycles. The fraction of sp³-hybridized carbons (Fsp3) is 0.238. The molecule has 29 heavy (non-hydrogen) atoms. The van der Waals surface area contributed by atoms with Crippen molar-refractivity contribution < 1.29 is 19.1 Å². The van der Waals surface area contributed by atoms with Crippen LogP contribution in [0.5, 0.6) is 11.5 Å². The van der Waals surface area contributed by atoms with Gasteiger partial charge in [-0.1, -0.05) is 29.3 Å². The Hall–Kier alpha value is -2.70. The highest BCUT2D eigenvalue weighted by molar-refractivity contribution is 6.35. The number of ether oxygens (including phenoxy) is 2. The number of carbonyl (C=O) groups excluding carboxylic acids is 2. The van der Waals surface area contributed by atoms with Gasteiger partial charge in [0.15, 0.2) is 12.2 Å². The van der Waals surface area contributed by atoms with Gasteiger partial charge in [0.25, 0.3) is 11.8 Å². The van der Waals surface area contributed by atoms with Crippen LogP contribution in [0.2, 0.25) is 10.0 Å². The molecule has 3 rings (SSSR count). The number of amides is 2. The molecule has 0 bridgehead atoms. The van der Waals surface area contributed by atoms with Crippen molar-refractivity contribution in [2.24, 2.45) is 0 Å². The van der Waals surface area contributed by atoms with Crippen molar-refractivity contribution in [3.63, 3.8) is 0 Å². The molecule has 2 unspecified atom stereocenters. The van der Waals surface area contributed by atoms with Gasteiger partial charge in [-0.05, 0) is 50.2 Å². The van der Waals surface area contributed by atoms with Gasteiger partial charge in [-0.3, -0.25) is 9.59 Å². The SMILES string of the molecule is C=CCN1C(=O)C(C)Oc2ccc(NC(=O)C(C)Oc3ccc(Cl)cc3Cl)cc21. The normalized spacial score (nSPS) is 16.5. The molecular weight excluding hydrogens is 415 g/mol. The average Bonchev–Trinajstić information content (AvgIpc) is 2.68. The zero-order valence-corrected chi connectivity index (χ0v) is 17.5. The molecule has 1 aliphatic heterocycles. The maximum absolute atomic E-state index is 12.6. The Morgan fingerprint density at radius 3 is 2.79 bits per heavy atom. The average molecular weight is 435 g/mol. The van der Waals surface area contributed by atoms with Crippen LogP contribution in [0.15, 0.2) is 49.1 Å². The quantitative estimate of drug-likeness (QED) is 0.668. The van der Waals surface area contributed by atoms with Gasteiger partial charge in [0.1, 0.15) is 11.5 Å². The predicted octanol–water partition coefficient (Wildman–Crippen LogP) is 4.70. The molecule has 0 radical (unpaired) electrons. The van der Waals surface area contributed by atoms with E-state index >= 15 is 0 Å². The third-order valence-electron chi connectivity index (χ3n) is 4.31. The minimum atomic E-state index is -0.813. The number of carbonyl (C=O) groups is 2. The molecule has 0 saturated carbocycles. The van der Waals surface area contributed by atoms with Gasteiger partial charge >= 0.3 is 0 Å². The molecule has 2 amide bonds. The first-order valence-electron chi connectivity index (χ1n) is 8.95. The van der Waals surface area contributed by atoms with Crippen LogP contribution in [0.4, 0.5) is 11.4 Å². The maximum atomic E-state index is 12.6. The number of rotatable bonds is 6. The van der Waals surface area contributed by atoms with Crippen molar-refractivity contribution >= 4 is 46.4 Å². The topological polar surface area (TPSA) is 67.9 Å². The second-order valence-corrected chi connectivity index (χ2v) is 7.35. The Bertz CT molecular complexity index is 964. The lowest BCUT2D eigenvalue weighted by atomic mass is 10.1. The molecule has 2 aromatic carbocycles. The predicted molar refractivity (Wildman–Crippen MR) is 114 cm³/mol. The molecule has 0 fully saturated rings. The van der Waals surface area contributed by atoms with Crippen molar-refractivity contribution in [3.8, 4) is 11.5 Å². The Morgan fingerprint density at radius 1 is 1.34 bits per heavy atom. The number of fused-ring (bicyclic) bond motifs is 1. The summed E-state index contributed by atoms with van der Waals surface area (Å²) >= 11 is 12.0. The van der Waals surface area contributed by atoms with Gasteiger partial charge in [-0.2, -0.15) is 0 Å². The lowest BCUT2D eigenvalue weighted by molar-refractivity contribution is -0.125. The van der Waals surface area contributed by atoms with Crippen molar-refractivity contribution in [3.05, 3.63) is 59.1 Å². The van der Waals surface area contributed by atoms with Crippen LogP contribution in [0, 0.1) is 0 Å². The van der Waals surface area contributed by atoms with Crippen LogP contribution in [0.3, 0.4) is 0 Å². The second kappa shape index (κ2) is 8.76. The molecule has 6 nitrogen and oxygen atoms in total.